The van der Waals surface area contributed by atoms with Gasteiger partial charge in [0.1, 0.15) is 5.76 Å². The first-order valence-electron chi connectivity index (χ1n) is 20.7. The highest BCUT2D eigenvalue weighted by Crippen LogP contribution is 2.58. The number of esters is 1. The van der Waals surface area contributed by atoms with Crippen molar-refractivity contribution in [2.45, 2.75) is 135 Å². The van der Waals surface area contributed by atoms with Gasteiger partial charge in [0, 0.05) is 36.4 Å². The predicted octanol–water partition coefficient (Wildman–Crippen LogP) is 9.36. The average molecular weight is 696 g/mol. The van der Waals surface area contributed by atoms with E-state index in [0.29, 0.717) is 46.5 Å². The van der Waals surface area contributed by atoms with Crippen LogP contribution < -0.4 is 0 Å². The third kappa shape index (κ3) is 6.45. The van der Waals surface area contributed by atoms with Crippen LogP contribution in [0.3, 0.4) is 0 Å². The number of piperidine rings is 1. The fraction of sp³-hybridized carbons (Fsp3) is 0.667. The Kier molecular flexibility index (Phi) is 10.3. The Labute approximate surface area is 306 Å². The number of methoxy groups -OCH3 is 1. The van der Waals surface area contributed by atoms with Gasteiger partial charge < -0.3 is 19.3 Å². The van der Waals surface area contributed by atoms with Gasteiger partial charge in [-0.05, 0) is 105 Å². The number of carbonyl (C=O) groups excluding carboxylic acids is 1. The van der Waals surface area contributed by atoms with Gasteiger partial charge >= 0.3 is 5.97 Å². The van der Waals surface area contributed by atoms with E-state index in [0.717, 1.165) is 43.9 Å². The molecule has 8 rings (SSSR count). The van der Waals surface area contributed by atoms with Crippen LogP contribution in [0.5, 0.6) is 0 Å². The summed E-state index contributed by atoms with van der Waals surface area (Å²) < 4.78 is 18.3. The molecule has 4 fully saturated rings. The Morgan fingerprint density at radius 3 is 2.69 bits per heavy atom. The van der Waals surface area contributed by atoms with Crippen molar-refractivity contribution in [3.8, 4) is 0 Å². The standard InChI is InChI=1S/C45H61NO5/c1-5-6-7-13-29-14-10-18-32(24-29)34-21-22-35-36(34)26-37-39-27(2)43(44-42(49-4)28(3)45(48)51-44)50-38(39)20-12-23-46(37)40(35)41(47)33-19-11-17-31(25-33)30-15-8-9-16-30/h10-11,14,18-20,24,27,30-31,33-37,39-41,47H,5-9,12-13,15-17,21-23,25-26H2,1-4H3. The van der Waals surface area contributed by atoms with E-state index in [1.165, 1.54) is 75.3 Å². The first kappa shape index (κ1) is 35.2. The highest BCUT2D eigenvalue weighted by Gasteiger charge is 2.57. The Bertz CT molecular complexity index is 1580. The fourth-order valence-electron chi connectivity index (χ4n) is 12.0. The molecule has 0 spiro atoms. The lowest BCUT2D eigenvalue weighted by Gasteiger charge is -2.53. The molecule has 7 aliphatic rings. The lowest BCUT2D eigenvalue weighted by molar-refractivity contribution is -0.133. The Morgan fingerprint density at radius 1 is 1.04 bits per heavy atom. The monoisotopic (exact) mass is 695 g/mol. The predicted molar refractivity (Wildman–Crippen MR) is 200 cm³/mol. The summed E-state index contributed by atoms with van der Waals surface area (Å²) in [4.78, 5) is 15.4. The maximum atomic E-state index is 12.8. The van der Waals surface area contributed by atoms with Crippen LogP contribution in [0.2, 0.25) is 0 Å². The minimum atomic E-state index is -0.390. The molecule has 2 saturated carbocycles. The largest absolute Gasteiger partial charge is 0.492 e. The van der Waals surface area contributed by atoms with Gasteiger partial charge in [0.2, 0.25) is 5.76 Å². The van der Waals surface area contributed by atoms with Crippen molar-refractivity contribution in [1.29, 1.82) is 0 Å². The number of aliphatic hydroxyl groups excluding tert-OH is 1. The third-order valence-electron chi connectivity index (χ3n) is 14.5. The van der Waals surface area contributed by atoms with E-state index in [1.807, 2.05) is 0 Å². The molecule has 3 aliphatic carbocycles. The number of ether oxygens (including phenoxy) is 3. The summed E-state index contributed by atoms with van der Waals surface area (Å²) in [6, 6.07) is 9.88. The normalized spacial score (nSPS) is 37.4. The zero-order chi connectivity index (χ0) is 35.2. The minimum absolute atomic E-state index is 0.0121. The lowest BCUT2D eigenvalue weighted by atomic mass is 9.66. The number of cyclic esters (lactones) is 1. The molecule has 0 bridgehead atoms. The van der Waals surface area contributed by atoms with Gasteiger partial charge in [-0.15, -0.1) is 0 Å². The number of carbonyl (C=O) groups is 1. The Balaban J connectivity index is 1.14. The molecule has 0 aromatic heterocycles. The number of hydrogen-bond acceptors (Lipinski definition) is 6. The van der Waals surface area contributed by atoms with Crippen LogP contribution in [-0.4, -0.2) is 47.8 Å². The molecule has 51 heavy (non-hydrogen) atoms. The van der Waals surface area contributed by atoms with Crippen molar-refractivity contribution in [2.75, 3.05) is 13.7 Å². The topological polar surface area (TPSA) is 68.2 Å². The molecule has 0 amide bonds. The molecule has 10 unspecified atom stereocenters. The molecule has 10 atom stereocenters. The summed E-state index contributed by atoms with van der Waals surface area (Å²) in [6.45, 7) is 7.22. The van der Waals surface area contributed by atoms with Crippen molar-refractivity contribution < 1.29 is 24.1 Å². The van der Waals surface area contributed by atoms with Crippen LogP contribution >= 0.6 is 0 Å². The number of hydrogen-bond donors (Lipinski definition) is 1. The van der Waals surface area contributed by atoms with E-state index in [9.17, 15) is 9.90 Å². The van der Waals surface area contributed by atoms with Crippen LogP contribution in [0.15, 0.2) is 71.1 Å². The number of fused-ring (bicyclic) bond motifs is 4. The highest BCUT2D eigenvalue weighted by atomic mass is 16.6. The van der Waals surface area contributed by atoms with Gasteiger partial charge in [-0.3, -0.25) is 4.90 Å². The number of aliphatic hydroxyl groups is 1. The molecule has 6 heteroatoms. The van der Waals surface area contributed by atoms with Crippen LogP contribution in [0, 0.1) is 41.4 Å². The lowest BCUT2D eigenvalue weighted by Crippen LogP contribution is -2.61. The maximum absolute atomic E-state index is 12.8. The van der Waals surface area contributed by atoms with Gasteiger partial charge in [-0.1, -0.05) is 88.8 Å². The highest BCUT2D eigenvalue weighted by molar-refractivity contribution is 5.93. The molecule has 1 aromatic rings. The van der Waals surface area contributed by atoms with E-state index in [-0.39, 0.29) is 35.8 Å². The SMILES string of the molecule is CCCCCc1cccc(C2CCC3C2CC2C4C(=CCCN2C3C(O)C2C=CCC(C3CCCC3)C2)OC(=C2OC(=O)C(C)=C2OC)C4C)c1. The number of rotatable bonds is 9. The van der Waals surface area contributed by atoms with Crippen molar-refractivity contribution >= 4 is 5.97 Å². The van der Waals surface area contributed by atoms with Crippen LogP contribution in [0.1, 0.15) is 121 Å². The third-order valence-corrected chi connectivity index (χ3v) is 14.5. The molecule has 276 valence electrons. The van der Waals surface area contributed by atoms with Gasteiger partial charge in [0.15, 0.2) is 11.5 Å². The van der Waals surface area contributed by atoms with E-state index in [2.05, 4.69) is 61.2 Å². The van der Waals surface area contributed by atoms with Gasteiger partial charge in [0.25, 0.3) is 0 Å². The van der Waals surface area contributed by atoms with Crippen LogP contribution in [-0.2, 0) is 25.4 Å². The Hall–Kier alpha value is -2.83. The molecular formula is C45H61NO5. The molecule has 0 radical (unpaired) electrons. The van der Waals surface area contributed by atoms with E-state index >= 15 is 0 Å². The van der Waals surface area contributed by atoms with E-state index < -0.39 is 6.10 Å². The summed E-state index contributed by atoms with van der Waals surface area (Å²) in [5.41, 5.74) is 3.47. The zero-order valence-electron chi connectivity index (χ0n) is 31.5. The second kappa shape index (κ2) is 14.9. The smallest absolute Gasteiger partial charge is 0.343 e. The molecular weight excluding hydrogens is 634 g/mol. The van der Waals surface area contributed by atoms with Gasteiger partial charge in [-0.2, -0.15) is 0 Å². The summed E-state index contributed by atoms with van der Waals surface area (Å²) in [6.07, 6.45) is 23.7. The molecule has 2 saturated heterocycles. The van der Waals surface area contributed by atoms with E-state index in [1.54, 1.807) is 14.0 Å². The van der Waals surface area contributed by atoms with Crippen LogP contribution in [0.25, 0.3) is 0 Å². The molecule has 4 aliphatic heterocycles. The van der Waals surface area contributed by atoms with Crippen LogP contribution in [0.4, 0.5) is 0 Å². The van der Waals surface area contributed by atoms with Gasteiger partial charge in [-0.25, -0.2) is 4.79 Å². The second-order valence-corrected chi connectivity index (χ2v) is 17.2. The number of benzene rings is 1. The maximum Gasteiger partial charge on any atom is 0.343 e. The Morgan fingerprint density at radius 2 is 1.88 bits per heavy atom. The van der Waals surface area contributed by atoms with Crippen molar-refractivity contribution in [1.82, 2.24) is 4.90 Å². The first-order chi connectivity index (χ1) is 24.9. The molecule has 1 aromatic carbocycles. The number of allylic oxidation sites excluding steroid dienone is 2. The minimum Gasteiger partial charge on any atom is -0.492 e. The molecule has 4 heterocycles. The number of unbranched alkanes of at least 4 members (excludes halogenated alkanes) is 2. The fourth-order valence-corrected chi connectivity index (χ4v) is 12.0. The first-order valence-corrected chi connectivity index (χ1v) is 20.7. The van der Waals surface area contributed by atoms with Gasteiger partial charge in [0.05, 0.1) is 18.8 Å². The quantitative estimate of drug-likeness (QED) is 0.158. The zero-order valence-corrected chi connectivity index (χ0v) is 31.5. The summed E-state index contributed by atoms with van der Waals surface area (Å²) in [7, 11) is 1.60. The van der Waals surface area contributed by atoms with Crippen molar-refractivity contribution in [3.63, 3.8) is 0 Å². The number of nitrogens with zero attached hydrogens (tertiary/aromatic N) is 1. The number of aryl methyl sites for hydroxylation is 1. The van der Waals surface area contributed by atoms with E-state index in [4.69, 9.17) is 14.2 Å². The molecule has 1 N–H and O–H groups in total. The summed E-state index contributed by atoms with van der Waals surface area (Å²) in [5.74, 6) is 5.62. The average Bonchev–Trinajstić information content (AvgIpc) is 3.93. The van der Waals surface area contributed by atoms with Crippen molar-refractivity contribution in [3.05, 3.63) is 82.2 Å². The summed E-state index contributed by atoms with van der Waals surface area (Å²) in [5, 5.41) is 12.8. The second-order valence-electron chi connectivity index (χ2n) is 17.2. The summed E-state index contributed by atoms with van der Waals surface area (Å²) >= 11 is 0. The van der Waals surface area contributed by atoms with Crippen molar-refractivity contribution in [2.24, 2.45) is 41.4 Å². The molecule has 6 nitrogen and oxygen atoms in total.